The van der Waals surface area contributed by atoms with Crippen LogP contribution in [0.15, 0.2) is 12.1 Å². The molecule has 0 amide bonds. The van der Waals surface area contributed by atoms with Crippen LogP contribution in [0, 0.1) is 5.92 Å². The van der Waals surface area contributed by atoms with Gasteiger partial charge in [0.1, 0.15) is 5.82 Å². The van der Waals surface area contributed by atoms with Crippen molar-refractivity contribution >= 4 is 17.5 Å². The molecule has 6 heteroatoms. The van der Waals surface area contributed by atoms with Crippen LogP contribution in [-0.2, 0) is 0 Å². The highest BCUT2D eigenvalue weighted by Crippen LogP contribution is 2.17. The first-order chi connectivity index (χ1) is 9.56. The minimum absolute atomic E-state index is 0.00824. The second-order valence-corrected chi connectivity index (χ2v) is 5.43. The van der Waals surface area contributed by atoms with Crippen LogP contribution in [0.3, 0.4) is 0 Å². The maximum atomic E-state index is 10.9. The molecule has 6 nitrogen and oxygen atoms in total. The first-order valence-electron chi connectivity index (χ1n) is 7.02. The number of nitrogens with zero attached hydrogens (tertiary/aromatic N) is 2. The van der Waals surface area contributed by atoms with Crippen LogP contribution < -0.4 is 11.1 Å². The van der Waals surface area contributed by atoms with Gasteiger partial charge in [-0.15, -0.1) is 0 Å². The number of nitrogen functional groups attached to an aromatic ring is 1. The van der Waals surface area contributed by atoms with Crippen LogP contribution in [0.5, 0.6) is 0 Å². The van der Waals surface area contributed by atoms with Crippen molar-refractivity contribution < 1.29 is 9.90 Å². The molecule has 0 bridgehead atoms. The van der Waals surface area contributed by atoms with Gasteiger partial charge in [0.25, 0.3) is 0 Å². The minimum Gasteiger partial charge on any atom is -0.477 e. The molecule has 1 atom stereocenters. The summed E-state index contributed by atoms with van der Waals surface area (Å²) in [5.74, 6) is -0.126. The summed E-state index contributed by atoms with van der Waals surface area (Å²) < 4.78 is 0. The summed E-state index contributed by atoms with van der Waals surface area (Å²) in [6.45, 7) is 6.31. The first-order valence-corrected chi connectivity index (χ1v) is 7.02. The number of anilines is 2. The smallest absolute Gasteiger partial charge is 0.354 e. The van der Waals surface area contributed by atoms with E-state index in [1.807, 2.05) is 0 Å². The van der Waals surface area contributed by atoms with Gasteiger partial charge in [-0.05, 0) is 44.0 Å². The zero-order valence-corrected chi connectivity index (χ0v) is 11.8. The molecular weight excluding hydrogens is 256 g/mol. The number of aromatic nitrogens is 1. The van der Waals surface area contributed by atoms with Gasteiger partial charge >= 0.3 is 5.97 Å². The van der Waals surface area contributed by atoms with Crippen molar-refractivity contribution in [2.75, 3.05) is 37.2 Å². The fourth-order valence-electron chi connectivity index (χ4n) is 2.47. The number of hydrogen-bond acceptors (Lipinski definition) is 5. The minimum atomic E-state index is -1.04. The summed E-state index contributed by atoms with van der Waals surface area (Å²) >= 11 is 0. The molecule has 1 aliphatic rings. The standard InChI is InChI=1S/C14H22N4O2/c1-10(9-18-6-2-3-7-18)8-16-13-11(15)4-5-12(17-13)14(19)20/h4-5,10H,2-3,6-9,15H2,1H3,(H,16,17)(H,19,20). The molecule has 1 aromatic rings. The number of carboxylic acids is 1. The van der Waals surface area contributed by atoms with Gasteiger partial charge in [-0.3, -0.25) is 0 Å². The van der Waals surface area contributed by atoms with Crippen molar-refractivity contribution in [3.63, 3.8) is 0 Å². The number of likely N-dealkylation sites (tertiary alicyclic amines) is 1. The predicted molar refractivity (Wildman–Crippen MR) is 78.9 cm³/mol. The molecule has 1 aromatic heterocycles. The molecule has 20 heavy (non-hydrogen) atoms. The number of rotatable bonds is 6. The zero-order valence-electron chi connectivity index (χ0n) is 11.8. The van der Waals surface area contributed by atoms with Crippen LogP contribution in [0.25, 0.3) is 0 Å². The van der Waals surface area contributed by atoms with Crippen LogP contribution in [0.4, 0.5) is 11.5 Å². The Balaban J connectivity index is 1.89. The lowest BCUT2D eigenvalue weighted by atomic mass is 10.1. The Kier molecular flexibility index (Phi) is 4.79. The summed E-state index contributed by atoms with van der Waals surface area (Å²) in [4.78, 5) is 17.4. The Hall–Kier alpha value is -1.82. The highest BCUT2D eigenvalue weighted by molar-refractivity contribution is 5.86. The molecule has 1 unspecified atom stereocenters. The van der Waals surface area contributed by atoms with Crippen LogP contribution in [0.1, 0.15) is 30.3 Å². The average molecular weight is 278 g/mol. The van der Waals surface area contributed by atoms with E-state index in [0.717, 1.165) is 13.1 Å². The van der Waals surface area contributed by atoms with Crippen molar-refractivity contribution in [3.05, 3.63) is 17.8 Å². The van der Waals surface area contributed by atoms with Crippen molar-refractivity contribution in [1.29, 1.82) is 0 Å². The molecule has 4 N–H and O–H groups in total. The number of nitrogens with two attached hydrogens (primary N) is 1. The molecule has 0 saturated carbocycles. The second-order valence-electron chi connectivity index (χ2n) is 5.43. The maximum Gasteiger partial charge on any atom is 0.354 e. The van der Waals surface area contributed by atoms with Gasteiger partial charge in [0.05, 0.1) is 5.69 Å². The molecule has 0 aromatic carbocycles. The topological polar surface area (TPSA) is 91.5 Å². The van der Waals surface area contributed by atoms with E-state index >= 15 is 0 Å². The lowest BCUT2D eigenvalue weighted by Crippen LogP contribution is -2.29. The van der Waals surface area contributed by atoms with E-state index in [1.165, 1.54) is 32.0 Å². The largest absolute Gasteiger partial charge is 0.477 e. The van der Waals surface area contributed by atoms with E-state index in [1.54, 1.807) is 6.07 Å². The van der Waals surface area contributed by atoms with Crippen LogP contribution in [0.2, 0.25) is 0 Å². The lowest BCUT2D eigenvalue weighted by Gasteiger charge is -2.21. The van der Waals surface area contributed by atoms with Gasteiger partial charge < -0.3 is 21.1 Å². The summed E-state index contributed by atoms with van der Waals surface area (Å²) in [5, 5.41) is 12.1. The summed E-state index contributed by atoms with van der Waals surface area (Å²) in [6, 6.07) is 2.99. The summed E-state index contributed by atoms with van der Waals surface area (Å²) in [6.07, 6.45) is 2.57. The lowest BCUT2D eigenvalue weighted by molar-refractivity contribution is 0.0690. The highest BCUT2D eigenvalue weighted by Gasteiger charge is 2.15. The normalized spacial score (nSPS) is 17.1. The fourth-order valence-corrected chi connectivity index (χ4v) is 2.47. The fraction of sp³-hybridized carbons (Fsp3) is 0.571. The second kappa shape index (κ2) is 6.56. The third kappa shape index (κ3) is 3.84. The summed E-state index contributed by atoms with van der Waals surface area (Å²) in [7, 11) is 0. The predicted octanol–water partition coefficient (Wildman–Crippen LogP) is 1.51. The molecule has 2 heterocycles. The Bertz CT molecular complexity index is 472. The Morgan fingerprint density at radius 3 is 2.85 bits per heavy atom. The van der Waals surface area contributed by atoms with Crippen molar-refractivity contribution in [3.8, 4) is 0 Å². The Morgan fingerprint density at radius 1 is 1.50 bits per heavy atom. The van der Waals surface area contributed by atoms with E-state index < -0.39 is 5.97 Å². The number of carbonyl (C=O) groups is 1. The molecule has 1 aliphatic heterocycles. The first kappa shape index (κ1) is 14.6. The SMILES string of the molecule is CC(CNc1nc(C(=O)O)ccc1N)CN1CCCC1. The molecule has 1 saturated heterocycles. The van der Waals surface area contributed by atoms with Gasteiger partial charge in [0.2, 0.25) is 0 Å². The van der Waals surface area contributed by atoms with Gasteiger partial charge in [0.15, 0.2) is 5.69 Å². The Labute approximate surface area is 119 Å². The number of aromatic carboxylic acids is 1. The molecule has 110 valence electrons. The Morgan fingerprint density at radius 2 is 2.20 bits per heavy atom. The molecule has 0 aliphatic carbocycles. The van der Waals surface area contributed by atoms with E-state index in [0.29, 0.717) is 17.4 Å². The van der Waals surface area contributed by atoms with Gasteiger partial charge in [-0.25, -0.2) is 9.78 Å². The van der Waals surface area contributed by atoms with Gasteiger partial charge in [-0.1, -0.05) is 6.92 Å². The number of nitrogens with one attached hydrogen (secondary N) is 1. The monoisotopic (exact) mass is 278 g/mol. The van der Waals surface area contributed by atoms with E-state index in [2.05, 4.69) is 22.1 Å². The third-order valence-electron chi connectivity index (χ3n) is 3.53. The number of pyridine rings is 1. The van der Waals surface area contributed by atoms with E-state index in [9.17, 15) is 4.79 Å². The average Bonchev–Trinajstić information content (AvgIpc) is 2.90. The van der Waals surface area contributed by atoms with Gasteiger partial charge in [0, 0.05) is 13.1 Å². The summed E-state index contributed by atoms with van der Waals surface area (Å²) in [5.41, 5.74) is 6.29. The number of hydrogen-bond donors (Lipinski definition) is 3. The molecule has 0 radical (unpaired) electrons. The molecule has 2 rings (SSSR count). The van der Waals surface area contributed by atoms with Crippen LogP contribution >= 0.6 is 0 Å². The van der Waals surface area contributed by atoms with Gasteiger partial charge in [-0.2, -0.15) is 0 Å². The van der Waals surface area contributed by atoms with Crippen molar-refractivity contribution in [1.82, 2.24) is 9.88 Å². The molecular formula is C14H22N4O2. The third-order valence-corrected chi connectivity index (χ3v) is 3.53. The zero-order chi connectivity index (χ0) is 14.5. The maximum absolute atomic E-state index is 10.9. The van der Waals surface area contributed by atoms with E-state index in [-0.39, 0.29) is 5.69 Å². The van der Waals surface area contributed by atoms with Crippen molar-refractivity contribution in [2.24, 2.45) is 5.92 Å². The molecule has 0 spiro atoms. The quantitative estimate of drug-likeness (QED) is 0.730. The molecule has 1 fully saturated rings. The van der Waals surface area contributed by atoms with E-state index in [4.69, 9.17) is 10.8 Å². The number of carboxylic acid groups (broad SMARTS) is 1. The van der Waals surface area contributed by atoms with Crippen LogP contribution in [-0.4, -0.2) is 47.1 Å². The highest BCUT2D eigenvalue weighted by atomic mass is 16.4. The van der Waals surface area contributed by atoms with Crippen molar-refractivity contribution in [2.45, 2.75) is 19.8 Å².